The molecule has 0 aromatic carbocycles. The van der Waals surface area contributed by atoms with E-state index < -0.39 is 10.0 Å². The highest BCUT2D eigenvalue weighted by Crippen LogP contribution is 2.32. The molecule has 7 heteroatoms. The Morgan fingerprint density at radius 1 is 1.47 bits per heavy atom. The van der Waals surface area contributed by atoms with Crippen molar-refractivity contribution in [1.29, 1.82) is 0 Å². The van der Waals surface area contributed by atoms with E-state index >= 15 is 0 Å². The molecule has 0 saturated carbocycles. The van der Waals surface area contributed by atoms with Gasteiger partial charge in [-0.2, -0.15) is 4.31 Å². The molecule has 1 aromatic rings. The number of rotatable bonds is 4. The molecule has 1 saturated heterocycles. The van der Waals surface area contributed by atoms with E-state index in [-0.39, 0.29) is 6.04 Å². The van der Waals surface area contributed by atoms with Gasteiger partial charge in [-0.15, -0.1) is 0 Å². The smallest absolute Gasteiger partial charge is 0.254 e. The summed E-state index contributed by atoms with van der Waals surface area (Å²) in [5, 5.41) is 0.320. The third-order valence-electron chi connectivity index (χ3n) is 3.51. The van der Waals surface area contributed by atoms with Gasteiger partial charge in [-0.3, -0.25) is 0 Å². The Labute approximate surface area is 118 Å². The summed E-state index contributed by atoms with van der Waals surface area (Å²) in [7, 11) is -3.43. The van der Waals surface area contributed by atoms with Crippen LogP contribution in [0.3, 0.4) is 0 Å². The molecule has 1 aliphatic rings. The van der Waals surface area contributed by atoms with E-state index in [1.54, 1.807) is 11.2 Å². The predicted octanol–water partition coefficient (Wildman–Crippen LogP) is 2.38. The number of nitrogens with two attached hydrogens (primary N) is 1. The highest BCUT2D eigenvalue weighted by atomic mass is 32.2. The number of aromatic nitrogens is 1. The van der Waals surface area contributed by atoms with Crippen LogP contribution in [-0.4, -0.2) is 30.3 Å². The van der Waals surface area contributed by atoms with Gasteiger partial charge in [0.15, 0.2) is 9.34 Å². The van der Waals surface area contributed by atoms with E-state index in [0.717, 1.165) is 43.4 Å². The van der Waals surface area contributed by atoms with Gasteiger partial charge in [-0.25, -0.2) is 13.4 Å². The molecule has 0 amide bonds. The minimum atomic E-state index is -3.43. The second kappa shape index (κ2) is 5.76. The summed E-state index contributed by atoms with van der Waals surface area (Å²) >= 11 is 1.07. The maximum atomic E-state index is 12.7. The minimum Gasteiger partial charge on any atom is -0.375 e. The van der Waals surface area contributed by atoms with Crippen LogP contribution in [0.15, 0.2) is 4.21 Å². The van der Waals surface area contributed by atoms with Crippen molar-refractivity contribution in [2.45, 2.75) is 56.2 Å². The first-order chi connectivity index (χ1) is 8.96. The molecule has 108 valence electrons. The molecule has 5 nitrogen and oxygen atoms in total. The molecular formula is C12H21N3O2S2. The van der Waals surface area contributed by atoms with Crippen molar-refractivity contribution < 1.29 is 8.42 Å². The summed E-state index contributed by atoms with van der Waals surface area (Å²) in [6.45, 7) is 4.41. The van der Waals surface area contributed by atoms with Crippen LogP contribution in [0.5, 0.6) is 0 Å². The summed E-state index contributed by atoms with van der Waals surface area (Å²) in [6, 6.07) is 0.131. The summed E-state index contributed by atoms with van der Waals surface area (Å²) in [5.74, 6) is 0. The number of anilines is 1. The summed E-state index contributed by atoms with van der Waals surface area (Å²) in [6.07, 6.45) is 4.93. The number of aryl methyl sites for hydroxylation is 1. The number of hydrogen-bond acceptors (Lipinski definition) is 5. The Hall–Kier alpha value is -0.660. The van der Waals surface area contributed by atoms with Gasteiger partial charge in [-0.1, -0.05) is 31.1 Å². The Balaban J connectivity index is 2.34. The molecule has 1 fully saturated rings. The van der Waals surface area contributed by atoms with Crippen molar-refractivity contribution in [3.63, 3.8) is 0 Å². The second-order valence-corrected chi connectivity index (χ2v) is 8.10. The topological polar surface area (TPSA) is 76.3 Å². The van der Waals surface area contributed by atoms with Crippen LogP contribution in [0.25, 0.3) is 0 Å². The van der Waals surface area contributed by atoms with Crippen molar-refractivity contribution >= 4 is 26.5 Å². The molecule has 0 radical (unpaired) electrons. The molecule has 2 heterocycles. The molecule has 2 N–H and O–H groups in total. The SMILES string of the molecule is CCCC1CCCCN1S(=O)(=O)c1sc(N)nc1C. The zero-order chi connectivity index (χ0) is 14.0. The quantitative estimate of drug-likeness (QED) is 0.926. The minimum absolute atomic E-state index is 0.131. The Morgan fingerprint density at radius 3 is 2.79 bits per heavy atom. The molecule has 1 atom stereocenters. The van der Waals surface area contributed by atoms with Gasteiger partial charge in [-0.05, 0) is 26.2 Å². The van der Waals surface area contributed by atoms with Crippen LogP contribution in [-0.2, 0) is 10.0 Å². The molecule has 0 bridgehead atoms. The van der Waals surface area contributed by atoms with Gasteiger partial charge in [0.05, 0.1) is 5.69 Å². The predicted molar refractivity (Wildman–Crippen MR) is 77.7 cm³/mol. The molecule has 0 spiro atoms. The summed E-state index contributed by atoms with van der Waals surface area (Å²) in [5.41, 5.74) is 6.14. The maximum absolute atomic E-state index is 12.7. The monoisotopic (exact) mass is 303 g/mol. The number of nitrogens with zero attached hydrogens (tertiary/aromatic N) is 2. The lowest BCUT2D eigenvalue weighted by atomic mass is 10.0. The summed E-state index contributed by atoms with van der Waals surface area (Å²) < 4.78 is 27.5. The average molecular weight is 303 g/mol. The molecule has 2 rings (SSSR count). The molecule has 0 aliphatic carbocycles. The normalized spacial score (nSPS) is 21.7. The van der Waals surface area contributed by atoms with Crippen LogP contribution in [0.2, 0.25) is 0 Å². The third-order valence-corrected chi connectivity index (χ3v) is 7.03. The average Bonchev–Trinajstić information content (AvgIpc) is 2.70. The standard InChI is InChI=1S/C12H21N3O2S2/c1-3-6-10-7-4-5-8-15(10)19(16,17)11-9(2)14-12(13)18-11/h10H,3-8H2,1-2H3,(H2,13,14). The van der Waals surface area contributed by atoms with Gasteiger partial charge in [0.1, 0.15) is 0 Å². The zero-order valence-electron chi connectivity index (χ0n) is 11.4. The van der Waals surface area contributed by atoms with E-state index in [0.29, 0.717) is 21.6 Å². The Morgan fingerprint density at radius 2 is 2.21 bits per heavy atom. The molecule has 1 aliphatic heterocycles. The van der Waals surface area contributed by atoms with E-state index in [4.69, 9.17) is 5.73 Å². The fourth-order valence-electron chi connectivity index (χ4n) is 2.66. The summed E-state index contributed by atoms with van der Waals surface area (Å²) in [4.78, 5) is 4.03. The van der Waals surface area contributed by atoms with Crippen LogP contribution < -0.4 is 5.73 Å². The Kier molecular flexibility index (Phi) is 4.47. The van der Waals surface area contributed by atoms with Gasteiger partial charge >= 0.3 is 0 Å². The molecule has 1 unspecified atom stereocenters. The number of sulfonamides is 1. The maximum Gasteiger partial charge on any atom is 0.254 e. The third kappa shape index (κ3) is 2.93. The van der Waals surface area contributed by atoms with E-state index in [1.807, 2.05) is 0 Å². The first-order valence-corrected chi connectivity index (χ1v) is 8.97. The van der Waals surface area contributed by atoms with Crippen molar-refractivity contribution in [2.24, 2.45) is 0 Å². The fourth-order valence-corrected chi connectivity index (χ4v) is 5.80. The number of hydrogen-bond donors (Lipinski definition) is 1. The number of nitrogen functional groups attached to an aromatic ring is 1. The second-order valence-electron chi connectivity index (χ2n) is 4.98. The van der Waals surface area contributed by atoms with Crippen LogP contribution >= 0.6 is 11.3 Å². The lowest BCUT2D eigenvalue weighted by molar-refractivity contribution is 0.240. The molecule has 1 aromatic heterocycles. The first-order valence-electron chi connectivity index (χ1n) is 6.71. The van der Waals surface area contributed by atoms with Crippen molar-refractivity contribution in [3.05, 3.63) is 5.69 Å². The first kappa shape index (κ1) is 14.7. The highest BCUT2D eigenvalue weighted by molar-refractivity contribution is 7.91. The fraction of sp³-hybridized carbons (Fsp3) is 0.750. The van der Waals surface area contributed by atoms with Crippen LogP contribution in [0, 0.1) is 6.92 Å². The number of piperidine rings is 1. The van der Waals surface area contributed by atoms with E-state index in [2.05, 4.69) is 11.9 Å². The Bertz CT molecular complexity index is 537. The van der Waals surface area contributed by atoms with Crippen molar-refractivity contribution in [1.82, 2.24) is 9.29 Å². The van der Waals surface area contributed by atoms with Gasteiger partial charge < -0.3 is 5.73 Å². The van der Waals surface area contributed by atoms with E-state index in [1.165, 1.54) is 0 Å². The lowest BCUT2D eigenvalue weighted by Crippen LogP contribution is -2.43. The van der Waals surface area contributed by atoms with E-state index in [9.17, 15) is 8.42 Å². The number of thiazole rings is 1. The lowest BCUT2D eigenvalue weighted by Gasteiger charge is -2.34. The van der Waals surface area contributed by atoms with Gasteiger partial charge in [0.2, 0.25) is 0 Å². The van der Waals surface area contributed by atoms with Crippen LogP contribution in [0.1, 0.15) is 44.7 Å². The highest BCUT2D eigenvalue weighted by Gasteiger charge is 2.35. The zero-order valence-corrected chi connectivity index (χ0v) is 13.1. The molecular weight excluding hydrogens is 282 g/mol. The van der Waals surface area contributed by atoms with Gasteiger partial charge in [0, 0.05) is 12.6 Å². The van der Waals surface area contributed by atoms with Crippen molar-refractivity contribution in [2.75, 3.05) is 12.3 Å². The van der Waals surface area contributed by atoms with Crippen molar-refractivity contribution in [3.8, 4) is 0 Å². The molecule has 19 heavy (non-hydrogen) atoms. The largest absolute Gasteiger partial charge is 0.375 e. The van der Waals surface area contributed by atoms with Crippen LogP contribution in [0.4, 0.5) is 5.13 Å². The van der Waals surface area contributed by atoms with Gasteiger partial charge in [0.25, 0.3) is 10.0 Å².